The fourth-order valence-corrected chi connectivity index (χ4v) is 4.48. The Kier molecular flexibility index (Phi) is 6.28. The lowest BCUT2D eigenvalue weighted by Crippen LogP contribution is -2.31. The molecule has 1 aliphatic rings. The predicted molar refractivity (Wildman–Crippen MR) is 128 cm³/mol. The molecule has 1 aliphatic heterocycles. The summed E-state index contributed by atoms with van der Waals surface area (Å²) < 4.78 is 0. The summed E-state index contributed by atoms with van der Waals surface area (Å²) in [7, 11) is 0. The Bertz CT molecular complexity index is 1160. The molecule has 162 valence electrons. The van der Waals surface area contributed by atoms with Gasteiger partial charge in [0.1, 0.15) is 0 Å². The standard InChI is InChI=1S/C25H23N3O3S/c1-16-8-11-20(14-17(16)2)28-23(29)15-22(24(28)30)32-21-12-9-19(10-13-21)27-25(31)26-18-6-4-3-5-7-18/h3-14,22H,15H2,1-2H3,(H2,26,27,31)/t22-/m1/s1. The molecular weight excluding hydrogens is 422 g/mol. The monoisotopic (exact) mass is 445 g/mol. The summed E-state index contributed by atoms with van der Waals surface area (Å²) in [5.74, 6) is -0.390. The fraction of sp³-hybridized carbons (Fsp3) is 0.160. The van der Waals surface area contributed by atoms with Crippen LogP contribution in [0.1, 0.15) is 17.5 Å². The molecule has 0 aromatic heterocycles. The lowest BCUT2D eigenvalue weighted by atomic mass is 10.1. The number of urea groups is 1. The zero-order valence-electron chi connectivity index (χ0n) is 17.8. The first-order valence-electron chi connectivity index (χ1n) is 10.2. The maximum absolute atomic E-state index is 12.9. The van der Waals surface area contributed by atoms with Gasteiger partial charge in [0.25, 0.3) is 0 Å². The number of carbonyl (C=O) groups excluding carboxylic acids is 3. The quantitative estimate of drug-likeness (QED) is 0.518. The molecule has 3 aromatic rings. The third kappa shape index (κ3) is 4.84. The highest BCUT2D eigenvalue weighted by Gasteiger charge is 2.40. The molecule has 7 heteroatoms. The van der Waals surface area contributed by atoms with Crippen molar-refractivity contribution in [3.8, 4) is 0 Å². The van der Waals surface area contributed by atoms with Gasteiger partial charge in [0, 0.05) is 22.7 Å². The number of para-hydroxylation sites is 1. The largest absolute Gasteiger partial charge is 0.323 e. The van der Waals surface area contributed by atoms with E-state index >= 15 is 0 Å². The smallest absolute Gasteiger partial charge is 0.308 e. The summed E-state index contributed by atoms with van der Waals surface area (Å²) >= 11 is 1.36. The average Bonchev–Trinajstić information content (AvgIpc) is 3.05. The van der Waals surface area contributed by atoms with Crippen LogP contribution in [0.4, 0.5) is 21.9 Å². The number of imide groups is 1. The van der Waals surface area contributed by atoms with Crippen molar-refractivity contribution in [1.29, 1.82) is 0 Å². The van der Waals surface area contributed by atoms with Gasteiger partial charge in [-0.1, -0.05) is 24.3 Å². The van der Waals surface area contributed by atoms with Crippen molar-refractivity contribution in [3.05, 3.63) is 83.9 Å². The van der Waals surface area contributed by atoms with Crippen LogP contribution in [0.5, 0.6) is 0 Å². The van der Waals surface area contributed by atoms with E-state index in [4.69, 9.17) is 0 Å². The first-order valence-corrected chi connectivity index (χ1v) is 11.1. The van der Waals surface area contributed by atoms with Crippen LogP contribution in [0.3, 0.4) is 0 Å². The summed E-state index contributed by atoms with van der Waals surface area (Å²) in [6.45, 7) is 3.96. The van der Waals surface area contributed by atoms with Crippen molar-refractivity contribution >= 4 is 46.7 Å². The second kappa shape index (κ2) is 9.28. The molecule has 0 unspecified atom stereocenters. The number of aryl methyl sites for hydroxylation is 2. The van der Waals surface area contributed by atoms with Crippen molar-refractivity contribution in [2.24, 2.45) is 0 Å². The molecule has 0 aliphatic carbocycles. The summed E-state index contributed by atoms with van der Waals surface area (Å²) in [4.78, 5) is 39.7. The highest BCUT2D eigenvalue weighted by atomic mass is 32.2. The molecule has 4 amide bonds. The van der Waals surface area contributed by atoms with Gasteiger partial charge in [-0.2, -0.15) is 0 Å². The van der Waals surface area contributed by atoms with Crippen molar-refractivity contribution in [3.63, 3.8) is 0 Å². The number of amides is 4. The zero-order valence-corrected chi connectivity index (χ0v) is 18.6. The minimum Gasteiger partial charge on any atom is -0.308 e. The highest BCUT2D eigenvalue weighted by Crippen LogP contribution is 2.34. The molecule has 4 rings (SSSR count). The summed E-state index contributed by atoms with van der Waals surface area (Å²) in [6.07, 6.45) is 0.163. The number of rotatable bonds is 5. The van der Waals surface area contributed by atoms with E-state index in [1.165, 1.54) is 16.7 Å². The number of carbonyl (C=O) groups is 3. The van der Waals surface area contributed by atoms with Crippen LogP contribution in [-0.2, 0) is 9.59 Å². The molecular formula is C25H23N3O3S. The van der Waals surface area contributed by atoms with Crippen LogP contribution in [0.25, 0.3) is 0 Å². The molecule has 0 radical (unpaired) electrons. The molecule has 0 bridgehead atoms. The molecule has 1 saturated heterocycles. The topological polar surface area (TPSA) is 78.5 Å². The first kappa shape index (κ1) is 21.6. The van der Waals surface area contributed by atoms with Gasteiger partial charge >= 0.3 is 6.03 Å². The normalized spacial score (nSPS) is 15.7. The van der Waals surface area contributed by atoms with E-state index in [9.17, 15) is 14.4 Å². The van der Waals surface area contributed by atoms with E-state index in [0.717, 1.165) is 16.0 Å². The molecule has 32 heavy (non-hydrogen) atoms. The Hall–Kier alpha value is -3.58. The number of thioether (sulfide) groups is 1. The number of hydrogen-bond acceptors (Lipinski definition) is 4. The van der Waals surface area contributed by atoms with Crippen molar-refractivity contribution in [1.82, 2.24) is 0 Å². The molecule has 2 N–H and O–H groups in total. The van der Waals surface area contributed by atoms with Crippen LogP contribution in [0, 0.1) is 13.8 Å². The number of benzene rings is 3. The first-order chi connectivity index (χ1) is 15.4. The van der Waals surface area contributed by atoms with Gasteiger partial charge in [0.15, 0.2) is 0 Å². The van der Waals surface area contributed by atoms with Gasteiger partial charge in [-0.15, -0.1) is 11.8 Å². The van der Waals surface area contributed by atoms with Crippen LogP contribution in [0.2, 0.25) is 0 Å². The van der Waals surface area contributed by atoms with Gasteiger partial charge in [-0.05, 0) is 73.5 Å². The Balaban J connectivity index is 1.38. The zero-order chi connectivity index (χ0) is 22.7. The summed E-state index contributed by atoms with van der Waals surface area (Å²) in [6, 6.07) is 21.7. The van der Waals surface area contributed by atoms with Gasteiger partial charge in [-0.25, -0.2) is 9.69 Å². The fourth-order valence-electron chi connectivity index (χ4n) is 3.43. The minimum atomic E-state index is -0.468. The Morgan fingerprint density at radius 3 is 2.19 bits per heavy atom. The number of hydrogen-bond donors (Lipinski definition) is 2. The molecule has 6 nitrogen and oxygen atoms in total. The molecule has 1 heterocycles. The number of nitrogens with zero attached hydrogens (tertiary/aromatic N) is 1. The second-order valence-corrected chi connectivity index (χ2v) is 8.89. The average molecular weight is 446 g/mol. The Labute approximate surface area is 191 Å². The van der Waals surface area contributed by atoms with E-state index in [0.29, 0.717) is 17.1 Å². The van der Waals surface area contributed by atoms with Crippen molar-refractivity contribution < 1.29 is 14.4 Å². The number of anilines is 3. The van der Waals surface area contributed by atoms with Gasteiger partial charge in [0.2, 0.25) is 11.8 Å². The molecule has 0 spiro atoms. The van der Waals surface area contributed by atoms with Crippen LogP contribution >= 0.6 is 11.8 Å². The molecule has 1 fully saturated rings. The second-order valence-electron chi connectivity index (χ2n) is 7.62. The highest BCUT2D eigenvalue weighted by molar-refractivity contribution is 8.00. The molecule has 0 saturated carbocycles. The van der Waals surface area contributed by atoms with Gasteiger partial charge < -0.3 is 10.6 Å². The van der Waals surface area contributed by atoms with Crippen LogP contribution in [-0.4, -0.2) is 23.1 Å². The van der Waals surface area contributed by atoms with Crippen LogP contribution in [0.15, 0.2) is 77.7 Å². The third-order valence-corrected chi connectivity index (χ3v) is 6.47. The van der Waals surface area contributed by atoms with Crippen molar-refractivity contribution in [2.75, 3.05) is 15.5 Å². The predicted octanol–water partition coefficient (Wildman–Crippen LogP) is 5.37. The van der Waals surface area contributed by atoms with E-state index in [-0.39, 0.29) is 24.3 Å². The van der Waals surface area contributed by atoms with E-state index in [2.05, 4.69) is 10.6 Å². The van der Waals surface area contributed by atoms with Crippen LogP contribution < -0.4 is 15.5 Å². The maximum atomic E-state index is 12.9. The summed E-state index contributed by atoms with van der Waals surface area (Å²) in [5.41, 5.74) is 4.11. The number of nitrogens with one attached hydrogen (secondary N) is 2. The molecule has 3 aromatic carbocycles. The minimum absolute atomic E-state index is 0.163. The van der Waals surface area contributed by atoms with Gasteiger partial charge in [-0.3, -0.25) is 9.59 Å². The third-order valence-electron chi connectivity index (χ3n) is 5.28. The SMILES string of the molecule is Cc1ccc(N2C(=O)C[C@@H](Sc3ccc(NC(=O)Nc4ccccc4)cc3)C2=O)cc1C. The maximum Gasteiger partial charge on any atom is 0.323 e. The lowest BCUT2D eigenvalue weighted by molar-refractivity contribution is -0.121. The Morgan fingerprint density at radius 1 is 0.875 bits per heavy atom. The molecule has 1 atom stereocenters. The van der Waals surface area contributed by atoms with E-state index in [1.807, 2.05) is 62.4 Å². The van der Waals surface area contributed by atoms with Gasteiger partial charge in [0.05, 0.1) is 10.9 Å². The van der Waals surface area contributed by atoms with Crippen molar-refractivity contribution in [2.45, 2.75) is 30.4 Å². The Morgan fingerprint density at radius 2 is 1.53 bits per heavy atom. The summed E-state index contributed by atoms with van der Waals surface area (Å²) in [5, 5.41) is 5.07. The lowest BCUT2D eigenvalue weighted by Gasteiger charge is -2.16. The van der Waals surface area contributed by atoms with E-state index < -0.39 is 5.25 Å². The van der Waals surface area contributed by atoms with E-state index in [1.54, 1.807) is 24.3 Å².